The fourth-order valence-corrected chi connectivity index (χ4v) is 2.19. The van der Waals surface area contributed by atoms with Gasteiger partial charge < -0.3 is 10.6 Å². The lowest BCUT2D eigenvalue weighted by Gasteiger charge is -2.14. The van der Waals surface area contributed by atoms with Crippen molar-refractivity contribution >= 4 is 11.8 Å². The Morgan fingerprint density at radius 2 is 1.75 bits per heavy atom. The molecule has 5 nitrogen and oxygen atoms in total. The minimum Gasteiger partial charge on any atom is -0.352 e. The highest BCUT2D eigenvalue weighted by Gasteiger charge is 2.14. The number of aromatic nitrogens is 1. The smallest absolute Gasteiger partial charge is 0.270 e. The summed E-state index contributed by atoms with van der Waals surface area (Å²) in [7, 11) is 0. The minimum atomic E-state index is -0.301. The number of amides is 2. The van der Waals surface area contributed by atoms with Crippen LogP contribution in [0.25, 0.3) is 0 Å². The molecule has 0 radical (unpaired) electrons. The first-order chi connectivity index (χ1) is 11.5. The second-order valence-corrected chi connectivity index (χ2v) is 6.14. The van der Waals surface area contributed by atoms with Gasteiger partial charge in [0.25, 0.3) is 11.8 Å². The van der Waals surface area contributed by atoms with Crippen molar-refractivity contribution in [1.29, 1.82) is 0 Å². The topological polar surface area (TPSA) is 71.1 Å². The van der Waals surface area contributed by atoms with Gasteiger partial charge in [0.05, 0.1) is 6.04 Å². The maximum atomic E-state index is 12.4. The first-order valence-corrected chi connectivity index (χ1v) is 8.07. The van der Waals surface area contributed by atoms with Crippen molar-refractivity contribution < 1.29 is 9.59 Å². The van der Waals surface area contributed by atoms with Crippen LogP contribution in [0.4, 0.5) is 0 Å². The monoisotopic (exact) mass is 325 g/mol. The molecule has 1 aromatic carbocycles. The van der Waals surface area contributed by atoms with Crippen molar-refractivity contribution in [3.63, 3.8) is 0 Å². The number of hydrogen-bond acceptors (Lipinski definition) is 3. The summed E-state index contributed by atoms with van der Waals surface area (Å²) < 4.78 is 0. The van der Waals surface area contributed by atoms with Gasteiger partial charge in [-0.1, -0.05) is 44.2 Å². The van der Waals surface area contributed by atoms with Crippen molar-refractivity contribution in [2.24, 2.45) is 5.92 Å². The fourth-order valence-electron chi connectivity index (χ4n) is 2.19. The average molecular weight is 325 g/mol. The summed E-state index contributed by atoms with van der Waals surface area (Å²) >= 11 is 0. The van der Waals surface area contributed by atoms with Crippen molar-refractivity contribution in [1.82, 2.24) is 15.6 Å². The lowest BCUT2D eigenvalue weighted by Crippen LogP contribution is -2.29. The zero-order chi connectivity index (χ0) is 17.5. The van der Waals surface area contributed by atoms with E-state index in [-0.39, 0.29) is 23.6 Å². The van der Waals surface area contributed by atoms with E-state index in [0.29, 0.717) is 18.0 Å². The van der Waals surface area contributed by atoms with Crippen LogP contribution in [0.2, 0.25) is 0 Å². The van der Waals surface area contributed by atoms with Gasteiger partial charge in [-0.3, -0.25) is 14.6 Å². The number of benzene rings is 1. The summed E-state index contributed by atoms with van der Waals surface area (Å²) in [5, 5.41) is 5.73. The minimum absolute atomic E-state index is 0.140. The van der Waals surface area contributed by atoms with Gasteiger partial charge in [-0.05, 0) is 30.5 Å². The molecule has 0 aliphatic heterocycles. The number of nitrogens with zero attached hydrogens (tertiary/aromatic N) is 1. The lowest BCUT2D eigenvalue weighted by molar-refractivity contribution is 0.0935. The maximum Gasteiger partial charge on any atom is 0.270 e. The van der Waals surface area contributed by atoms with Crippen LogP contribution in [-0.2, 0) is 0 Å². The van der Waals surface area contributed by atoms with E-state index in [1.807, 2.05) is 51.1 Å². The van der Waals surface area contributed by atoms with Crippen LogP contribution in [0, 0.1) is 5.92 Å². The summed E-state index contributed by atoms with van der Waals surface area (Å²) in [6.07, 6.45) is 1.48. The summed E-state index contributed by atoms with van der Waals surface area (Å²) in [5.41, 5.74) is 1.68. The van der Waals surface area contributed by atoms with Gasteiger partial charge >= 0.3 is 0 Å². The number of rotatable bonds is 6. The molecule has 0 saturated carbocycles. The molecule has 0 aliphatic rings. The molecule has 1 atom stereocenters. The Morgan fingerprint density at radius 3 is 2.42 bits per heavy atom. The Bertz CT molecular complexity index is 699. The SMILES string of the molecule is CC(C)CNC(=O)c1ccnc(C(=O)NC(C)c2ccccc2)c1. The normalized spacial score (nSPS) is 11.8. The highest BCUT2D eigenvalue weighted by molar-refractivity contribution is 5.98. The van der Waals surface area contributed by atoms with Gasteiger partial charge in [-0.15, -0.1) is 0 Å². The molecule has 2 rings (SSSR count). The van der Waals surface area contributed by atoms with Crippen molar-refractivity contribution in [2.45, 2.75) is 26.8 Å². The van der Waals surface area contributed by atoms with Gasteiger partial charge in [0.2, 0.25) is 0 Å². The predicted octanol–water partition coefficient (Wildman–Crippen LogP) is 2.96. The van der Waals surface area contributed by atoms with Crippen molar-refractivity contribution in [2.75, 3.05) is 6.54 Å². The summed E-state index contributed by atoms with van der Waals surface area (Å²) in [5.74, 6) is -0.133. The van der Waals surface area contributed by atoms with E-state index in [9.17, 15) is 9.59 Å². The third kappa shape index (κ3) is 4.91. The number of carbonyl (C=O) groups excluding carboxylic acids is 2. The second-order valence-electron chi connectivity index (χ2n) is 6.14. The van der Waals surface area contributed by atoms with E-state index >= 15 is 0 Å². The Morgan fingerprint density at radius 1 is 1.04 bits per heavy atom. The number of hydrogen-bond donors (Lipinski definition) is 2. The lowest BCUT2D eigenvalue weighted by atomic mass is 10.1. The average Bonchev–Trinajstić information content (AvgIpc) is 2.60. The van der Waals surface area contributed by atoms with E-state index in [2.05, 4.69) is 15.6 Å². The molecule has 0 aliphatic carbocycles. The fraction of sp³-hybridized carbons (Fsp3) is 0.316. The molecule has 5 heteroatoms. The third-order valence-electron chi connectivity index (χ3n) is 3.57. The first kappa shape index (κ1) is 17.7. The predicted molar refractivity (Wildman–Crippen MR) is 93.7 cm³/mol. The van der Waals surface area contributed by atoms with Crippen LogP contribution in [0.3, 0.4) is 0 Å². The van der Waals surface area contributed by atoms with Crippen molar-refractivity contribution in [3.05, 3.63) is 65.5 Å². The summed E-state index contributed by atoms with van der Waals surface area (Å²) in [6, 6.07) is 12.7. The van der Waals surface area contributed by atoms with Gasteiger partial charge in [0.1, 0.15) is 5.69 Å². The van der Waals surface area contributed by atoms with Gasteiger partial charge in [-0.25, -0.2) is 0 Å². The highest BCUT2D eigenvalue weighted by Crippen LogP contribution is 2.12. The molecule has 0 bridgehead atoms. The molecule has 2 amide bonds. The van der Waals surface area contributed by atoms with E-state index in [0.717, 1.165) is 5.56 Å². The summed E-state index contributed by atoms with van der Waals surface area (Å²) in [6.45, 7) is 6.55. The molecular formula is C19H23N3O2. The van der Waals surface area contributed by atoms with Gasteiger partial charge in [0, 0.05) is 18.3 Å². The number of carbonyl (C=O) groups is 2. The molecule has 1 unspecified atom stereocenters. The molecule has 2 aromatic rings. The Labute approximate surface area is 142 Å². The van der Waals surface area contributed by atoms with E-state index < -0.39 is 0 Å². The van der Waals surface area contributed by atoms with Crippen LogP contribution < -0.4 is 10.6 Å². The van der Waals surface area contributed by atoms with Crippen LogP contribution in [-0.4, -0.2) is 23.3 Å². The molecule has 24 heavy (non-hydrogen) atoms. The molecular weight excluding hydrogens is 302 g/mol. The van der Waals surface area contributed by atoms with E-state index in [1.54, 1.807) is 6.07 Å². The number of nitrogens with one attached hydrogen (secondary N) is 2. The Balaban J connectivity index is 2.05. The van der Waals surface area contributed by atoms with Crippen LogP contribution in [0.1, 0.15) is 53.2 Å². The maximum absolute atomic E-state index is 12.4. The molecule has 0 fully saturated rings. The van der Waals surface area contributed by atoms with Crippen LogP contribution in [0.15, 0.2) is 48.7 Å². The zero-order valence-corrected chi connectivity index (χ0v) is 14.2. The van der Waals surface area contributed by atoms with E-state index in [4.69, 9.17) is 0 Å². The van der Waals surface area contributed by atoms with Gasteiger partial charge in [-0.2, -0.15) is 0 Å². The molecule has 1 aromatic heterocycles. The van der Waals surface area contributed by atoms with E-state index in [1.165, 1.54) is 12.3 Å². The third-order valence-corrected chi connectivity index (χ3v) is 3.57. The molecule has 0 saturated heterocycles. The first-order valence-electron chi connectivity index (χ1n) is 8.07. The Kier molecular flexibility index (Phi) is 6.07. The van der Waals surface area contributed by atoms with Gasteiger partial charge in [0.15, 0.2) is 0 Å². The number of pyridine rings is 1. The molecule has 0 spiro atoms. The van der Waals surface area contributed by atoms with Crippen LogP contribution in [0.5, 0.6) is 0 Å². The second kappa shape index (κ2) is 8.24. The molecule has 2 N–H and O–H groups in total. The van der Waals surface area contributed by atoms with Crippen LogP contribution >= 0.6 is 0 Å². The highest BCUT2D eigenvalue weighted by atomic mass is 16.2. The summed E-state index contributed by atoms with van der Waals surface area (Å²) in [4.78, 5) is 28.5. The Hall–Kier alpha value is -2.69. The largest absolute Gasteiger partial charge is 0.352 e. The zero-order valence-electron chi connectivity index (χ0n) is 14.2. The standard InChI is InChI=1S/C19H23N3O2/c1-13(2)12-21-18(23)16-9-10-20-17(11-16)19(24)22-14(3)15-7-5-4-6-8-15/h4-11,13-14H,12H2,1-3H3,(H,21,23)(H,22,24). The molecule has 1 heterocycles. The molecule has 126 valence electrons. The quantitative estimate of drug-likeness (QED) is 0.858. The van der Waals surface area contributed by atoms with Crippen molar-refractivity contribution in [3.8, 4) is 0 Å².